The van der Waals surface area contributed by atoms with Crippen molar-refractivity contribution in [1.82, 2.24) is 0 Å². The summed E-state index contributed by atoms with van der Waals surface area (Å²) in [6.45, 7) is 0. The molecule has 0 spiro atoms. The predicted molar refractivity (Wildman–Crippen MR) is 58.2 cm³/mol. The van der Waals surface area contributed by atoms with Crippen LogP contribution in [0.4, 0.5) is 0 Å². The maximum atomic E-state index is 5.54. The average Bonchev–Trinajstić information content (AvgIpc) is 2.53. The van der Waals surface area contributed by atoms with Gasteiger partial charge in [-0.05, 0) is 11.4 Å². The maximum absolute atomic E-state index is 5.54. The standard InChI is InChI=1S/C7H8N4S2/c1-13-10-6(9-7(8)11-13)5-3-2-4-12-5/h2-4H,1H3,(H2,8,9,10,11). The maximum Gasteiger partial charge on any atom is 0.229 e. The first-order chi connectivity index (χ1) is 6.25. The molecule has 1 unspecified atom stereocenters. The molecule has 0 bridgehead atoms. The van der Waals surface area contributed by atoms with Crippen molar-refractivity contribution in [3.63, 3.8) is 0 Å². The molecule has 2 heterocycles. The van der Waals surface area contributed by atoms with E-state index in [1.165, 1.54) is 0 Å². The quantitative estimate of drug-likeness (QED) is 0.746. The molecule has 0 amide bonds. The van der Waals surface area contributed by atoms with Crippen LogP contribution < -0.4 is 5.73 Å². The molecule has 2 rings (SSSR count). The molecule has 0 aromatic carbocycles. The van der Waals surface area contributed by atoms with Gasteiger partial charge < -0.3 is 5.73 Å². The van der Waals surface area contributed by atoms with Crippen molar-refractivity contribution >= 4 is 34.0 Å². The highest BCUT2D eigenvalue weighted by Crippen LogP contribution is 2.13. The van der Waals surface area contributed by atoms with Gasteiger partial charge in [0.15, 0.2) is 5.84 Å². The molecule has 1 aliphatic heterocycles. The number of thiophene rings is 1. The Morgan fingerprint density at radius 1 is 1.54 bits per heavy atom. The van der Waals surface area contributed by atoms with Gasteiger partial charge in [-0.2, -0.15) is 13.8 Å². The van der Waals surface area contributed by atoms with Crippen LogP contribution in [0.25, 0.3) is 0 Å². The van der Waals surface area contributed by atoms with Gasteiger partial charge in [0.2, 0.25) is 5.96 Å². The zero-order valence-corrected chi connectivity index (χ0v) is 8.60. The molecule has 68 valence electrons. The van der Waals surface area contributed by atoms with Gasteiger partial charge in [-0.3, -0.25) is 0 Å². The molecule has 0 fully saturated rings. The molecule has 1 aromatic heterocycles. The normalized spacial score (nSPS) is 21.8. The third kappa shape index (κ3) is 1.84. The first-order valence-electron chi connectivity index (χ1n) is 3.60. The summed E-state index contributed by atoms with van der Waals surface area (Å²) >= 11 is 1.60. The van der Waals surface area contributed by atoms with Gasteiger partial charge in [-0.1, -0.05) is 6.07 Å². The van der Waals surface area contributed by atoms with Crippen LogP contribution in [-0.2, 0) is 10.9 Å². The average molecular weight is 212 g/mol. The van der Waals surface area contributed by atoms with Crippen LogP contribution in [0.15, 0.2) is 31.3 Å². The van der Waals surface area contributed by atoms with E-state index < -0.39 is 0 Å². The third-order valence-electron chi connectivity index (χ3n) is 1.41. The highest BCUT2D eigenvalue weighted by Gasteiger charge is 2.08. The largest absolute Gasteiger partial charge is 0.367 e. The number of nitrogens with two attached hydrogens (primary N) is 1. The Morgan fingerprint density at radius 3 is 3.00 bits per heavy atom. The fourth-order valence-corrected chi connectivity index (χ4v) is 2.39. The van der Waals surface area contributed by atoms with Gasteiger partial charge in [-0.25, -0.2) is 0 Å². The van der Waals surface area contributed by atoms with Crippen molar-refractivity contribution in [2.24, 2.45) is 19.5 Å². The number of rotatable bonds is 1. The fraction of sp³-hybridized carbons (Fsp3) is 0.143. The van der Waals surface area contributed by atoms with Gasteiger partial charge in [0.1, 0.15) is 0 Å². The minimum atomic E-state index is -0.371. The molecule has 2 N–H and O–H groups in total. The Morgan fingerprint density at radius 2 is 2.38 bits per heavy atom. The van der Waals surface area contributed by atoms with E-state index in [0.29, 0.717) is 11.8 Å². The summed E-state index contributed by atoms with van der Waals surface area (Å²) in [4.78, 5) is 5.11. The molecule has 1 aromatic rings. The Balaban J connectivity index is 2.43. The van der Waals surface area contributed by atoms with E-state index in [2.05, 4.69) is 13.8 Å². The lowest BCUT2D eigenvalue weighted by Crippen LogP contribution is -2.16. The van der Waals surface area contributed by atoms with Gasteiger partial charge in [-0.15, -0.1) is 11.3 Å². The van der Waals surface area contributed by atoms with Crippen molar-refractivity contribution in [3.8, 4) is 0 Å². The topological polar surface area (TPSA) is 63.1 Å². The van der Waals surface area contributed by atoms with Crippen molar-refractivity contribution < 1.29 is 0 Å². The summed E-state index contributed by atoms with van der Waals surface area (Å²) in [5.74, 6) is 1.03. The van der Waals surface area contributed by atoms with E-state index >= 15 is 0 Å². The monoisotopic (exact) mass is 212 g/mol. The second-order valence-corrected chi connectivity index (χ2v) is 4.61. The molecule has 1 atom stereocenters. The van der Waals surface area contributed by atoms with Crippen LogP contribution in [0, 0.1) is 0 Å². The minimum absolute atomic E-state index is 0.323. The summed E-state index contributed by atoms with van der Waals surface area (Å²) in [6.07, 6.45) is 1.91. The fourth-order valence-electron chi connectivity index (χ4n) is 0.936. The highest BCUT2D eigenvalue weighted by molar-refractivity contribution is 7.85. The Kier molecular flexibility index (Phi) is 2.24. The smallest absolute Gasteiger partial charge is 0.229 e. The molecule has 0 aliphatic carbocycles. The SMILES string of the molecule is CS1=NC(N)=NC(c2cccs2)=N1. The predicted octanol–water partition coefficient (Wildman–Crippen LogP) is 1.17. The molecule has 1 aliphatic rings. The van der Waals surface area contributed by atoms with Gasteiger partial charge in [0.05, 0.1) is 4.88 Å². The summed E-state index contributed by atoms with van der Waals surface area (Å²) in [7, 11) is -0.371. The molecule has 0 saturated heterocycles. The van der Waals surface area contributed by atoms with Crippen molar-refractivity contribution in [1.29, 1.82) is 0 Å². The molecular weight excluding hydrogens is 204 g/mol. The first-order valence-corrected chi connectivity index (χ1v) is 6.03. The van der Waals surface area contributed by atoms with E-state index in [0.717, 1.165) is 4.88 Å². The number of guanidine groups is 1. The van der Waals surface area contributed by atoms with E-state index in [9.17, 15) is 0 Å². The van der Waals surface area contributed by atoms with Crippen LogP contribution in [0.1, 0.15) is 4.88 Å². The van der Waals surface area contributed by atoms with E-state index in [1.54, 1.807) is 11.3 Å². The van der Waals surface area contributed by atoms with Crippen LogP contribution in [0.3, 0.4) is 0 Å². The minimum Gasteiger partial charge on any atom is -0.367 e. The van der Waals surface area contributed by atoms with E-state index in [4.69, 9.17) is 5.73 Å². The lowest BCUT2D eigenvalue weighted by Gasteiger charge is -2.04. The molecule has 0 saturated carbocycles. The summed E-state index contributed by atoms with van der Waals surface area (Å²) in [5.41, 5.74) is 5.54. The second-order valence-electron chi connectivity index (χ2n) is 2.40. The number of hydrogen-bond donors (Lipinski definition) is 1. The molecule has 13 heavy (non-hydrogen) atoms. The number of hydrogen-bond acceptors (Lipinski definition) is 5. The van der Waals surface area contributed by atoms with Gasteiger partial charge >= 0.3 is 0 Å². The van der Waals surface area contributed by atoms with E-state index in [1.807, 2.05) is 23.8 Å². The van der Waals surface area contributed by atoms with Crippen molar-refractivity contribution in [2.45, 2.75) is 0 Å². The van der Waals surface area contributed by atoms with Crippen molar-refractivity contribution in [3.05, 3.63) is 22.4 Å². The number of nitrogens with zero attached hydrogens (tertiary/aromatic N) is 3. The zero-order chi connectivity index (χ0) is 9.26. The molecular formula is C7H8N4S2. The lowest BCUT2D eigenvalue weighted by molar-refractivity contribution is 1.46. The summed E-state index contributed by atoms with van der Waals surface area (Å²) in [6, 6.07) is 3.94. The molecule has 6 heteroatoms. The van der Waals surface area contributed by atoms with Crippen molar-refractivity contribution in [2.75, 3.05) is 6.26 Å². The van der Waals surface area contributed by atoms with Crippen LogP contribution in [0.2, 0.25) is 0 Å². The van der Waals surface area contributed by atoms with Crippen LogP contribution in [0.5, 0.6) is 0 Å². The second kappa shape index (κ2) is 3.39. The van der Waals surface area contributed by atoms with E-state index in [-0.39, 0.29) is 10.9 Å². The molecule has 4 nitrogen and oxygen atoms in total. The summed E-state index contributed by atoms with van der Waals surface area (Å²) < 4.78 is 8.31. The molecule has 0 radical (unpaired) electrons. The number of aliphatic imine (C=N–C) groups is 1. The summed E-state index contributed by atoms with van der Waals surface area (Å²) in [5, 5.41) is 1.99. The highest BCUT2D eigenvalue weighted by atomic mass is 32.2. The first kappa shape index (κ1) is 8.58. The number of amidine groups is 1. The van der Waals surface area contributed by atoms with Crippen LogP contribution >= 0.6 is 11.3 Å². The van der Waals surface area contributed by atoms with Gasteiger partial charge in [0, 0.05) is 17.1 Å². The zero-order valence-electron chi connectivity index (χ0n) is 6.97. The Labute approximate surface area is 82.5 Å². The Bertz CT molecular complexity index is 399. The Hall–Kier alpha value is -1.01. The van der Waals surface area contributed by atoms with Gasteiger partial charge in [0.25, 0.3) is 0 Å². The van der Waals surface area contributed by atoms with Crippen LogP contribution in [-0.4, -0.2) is 18.1 Å². The lowest BCUT2D eigenvalue weighted by atomic mass is 10.4. The third-order valence-corrected chi connectivity index (χ3v) is 3.16.